The number of carbonyl (C=O) groups excluding carboxylic acids is 3. The summed E-state index contributed by atoms with van der Waals surface area (Å²) in [4.78, 5) is 43.7. The largest absolute Gasteiger partial charge is 0.465 e. The number of imide groups is 1. The minimum atomic E-state index is -0.240. The van der Waals surface area contributed by atoms with Gasteiger partial charge in [0.2, 0.25) is 5.91 Å². The molecule has 0 spiro atoms. The van der Waals surface area contributed by atoms with Gasteiger partial charge in [-0.1, -0.05) is 24.3 Å². The van der Waals surface area contributed by atoms with Crippen LogP contribution in [0.15, 0.2) is 65.3 Å². The van der Waals surface area contributed by atoms with E-state index in [1.165, 1.54) is 11.0 Å². The highest BCUT2D eigenvalue weighted by Crippen LogP contribution is 2.29. The summed E-state index contributed by atoms with van der Waals surface area (Å²) < 4.78 is 5.21. The van der Waals surface area contributed by atoms with E-state index in [9.17, 15) is 14.4 Å². The van der Waals surface area contributed by atoms with Gasteiger partial charge in [-0.05, 0) is 35.7 Å². The molecule has 7 nitrogen and oxygen atoms in total. The van der Waals surface area contributed by atoms with Crippen LogP contribution in [0.4, 0.5) is 0 Å². The van der Waals surface area contributed by atoms with Gasteiger partial charge in [0.15, 0.2) is 0 Å². The van der Waals surface area contributed by atoms with Crippen LogP contribution in [0.1, 0.15) is 26.5 Å². The number of benzene rings is 2. The molecule has 0 saturated carbocycles. The van der Waals surface area contributed by atoms with Gasteiger partial charge in [0.25, 0.3) is 11.8 Å². The fourth-order valence-corrected chi connectivity index (χ4v) is 4.36. The molecule has 0 unspecified atom stereocenters. The quantitative estimate of drug-likeness (QED) is 0.461. The lowest BCUT2D eigenvalue weighted by atomic mass is 9.94. The average Bonchev–Trinajstić information content (AvgIpc) is 3.35. The minimum Gasteiger partial charge on any atom is -0.465 e. The highest BCUT2D eigenvalue weighted by atomic mass is 16.3. The zero-order valence-electron chi connectivity index (χ0n) is 17.6. The molecule has 0 bridgehead atoms. The highest BCUT2D eigenvalue weighted by Gasteiger charge is 2.33. The zero-order chi connectivity index (χ0) is 22.1. The van der Waals surface area contributed by atoms with Crippen molar-refractivity contribution in [3.63, 3.8) is 0 Å². The predicted octanol–water partition coefficient (Wildman–Crippen LogP) is 2.89. The molecule has 0 aliphatic carbocycles. The molecule has 32 heavy (non-hydrogen) atoms. The third-order valence-corrected chi connectivity index (χ3v) is 6.11. The van der Waals surface area contributed by atoms with Crippen molar-refractivity contribution in [3.8, 4) is 0 Å². The molecule has 2 aliphatic rings. The molecule has 5 rings (SSSR count). The molecule has 1 saturated heterocycles. The monoisotopic (exact) mass is 429 g/mol. The van der Waals surface area contributed by atoms with Crippen molar-refractivity contribution in [2.45, 2.75) is 0 Å². The van der Waals surface area contributed by atoms with Crippen molar-refractivity contribution < 1.29 is 18.8 Å². The predicted molar refractivity (Wildman–Crippen MR) is 120 cm³/mol. The third-order valence-electron chi connectivity index (χ3n) is 6.11. The summed E-state index contributed by atoms with van der Waals surface area (Å²) in [5.74, 6) is 0.115. The first-order valence-electron chi connectivity index (χ1n) is 10.7. The molecule has 3 aromatic rings. The highest BCUT2D eigenvalue weighted by molar-refractivity contribution is 6.25. The van der Waals surface area contributed by atoms with Crippen LogP contribution in [0.5, 0.6) is 0 Å². The van der Waals surface area contributed by atoms with Crippen LogP contribution in [0.2, 0.25) is 0 Å². The van der Waals surface area contributed by atoms with E-state index in [1.54, 1.807) is 41.5 Å². The van der Waals surface area contributed by atoms with Crippen LogP contribution in [0, 0.1) is 0 Å². The maximum absolute atomic E-state index is 13.0. The van der Waals surface area contributed by atoms with Gasteiger partial charge in [-0.25, -0.2) is 0 Å². The lowest BCUT2D eigenvalue weighted by Crippen LogP contribution is -2.51. The molecule has 0 radical (unpaired) electrons. The molecule has 2 aliphatic heterocycles. The van der Waals surface area contributed by atoms with Crippen molar-refractivity contribution in [2.75, 3.05) is 39.3 Å². The molecular formula is C25H23N3O4. The van der Waals surface area contributed by atoms with Gasteiger partial charge < -0.3 is 9.32 Å². The summed E-state index contributed by atoms with van der Waals surface area (Å²) in [5, 5.41) is 1.65. The number of amides is 3. The van der Waals surface area contributed by atoms with Crippen LogP contribution in [-0.2, 0) is 4.79 Å². The number of carbonyl (C=O) groups is 3. The minimum absolute atomic E-state index is 0.0489. The first-order valence-corrected chi connectivity index (χ1v) is 10.7. The number of hydrogen-bond acceptors (Lipinski definition) is 5. The van der Waals surface area contributed by atoms with E-state index < -0.39 is 0 Å². The molecule has 3 amide bonds. The summed E-state index contributed by atoms with van der Waals surface area (Å²) in [6, 6.07) is 14.7. The summed E-state index contributed by atoms with van der Waals surface area (Å²) in [7, 11) is 0. The lowest BCUT2D eigenvalue weighted by molar-refractivity contribution is -0.127. The van der Waals surface area contributed by atoms with Gasteiger partial charge in [0.05, 0.1) is 6.26 Å². The SMILES string of the molecule is O=C(/C=C\c1ccco1)N1CCN(CCN2C(=O)c3cccc4cccc(c34)C2=O)CC1. The van der Waals surface area contributed by atoms with Crippen LogP contribution in [0.25, 0.3) is 16.8 Å². The molecule has 0 atom stereocenters. The Morgan fingerprint density at radius 1 is 0.875 bits per heavy atom. The number of nitrogens with zero attached hydrogens (tertiary/aromatic N) is 3. The van der Waals surface area contributed by atoms with E-state index in [1.807, 2.05) is 24.3 Å². The Morgan fingerprint density at radius 3 is 2.19 bits per heavy atom. The summed E-state index contributed by atoms with van der Waals surface area (Å²) in [6.45, 7) is 3.51. The Labute approximate surface area is 185 Å². The Kier molecular flexibility index (Phi) is 5.33. The molecule has 162 valence electrons. The van der Waals surface area contributed by atoms with E-state index in [-0.39, 0.29) is 17.7 Å². The second-order valence-electron chi connectivity index (χ2n) is 7.99. The van der Waals surface area contributed by atoms with Crippen LogP contribution >= 0.6 is 0 Å². The fraction of sp³-hybridized carbons (Fsp3) is 0.240. The number of hydrogen-bond donors (Lipinski definition) is 0. The first-order chi connectivity index (χ1) is 15.6. The number of piperazine rings is 1. The van der Waals surface area contributed by atoms with Crippen LogP contribution in [0.3, 0.4) is 0 Å². The molecule has 2 aromatic carbocycles. The van der Waals surface area contributed by atoms with Gasteiger partial charge in [0, 0.05) is 61.9 Å². The number of furan rings is 1. The normalized spacial score (nSPS) is 17.0. The Balaban J connectivity index is 1.19. The molecular weight excluding hydrogens is 406 g/mol. The van der Waals surface area contributed by atoms with Crippen molar-refractivity contribution in [1.82, 2.24) is 14.7 Å². The van der Waals surface area contributed by atoms with Gasteiger partial charge in [0.1, 0.15) is 5.76 Å². The second-order valence-corrected chi connectivity index (χ2v) is 7.99. The van der Waals surface area contributed by atoms with Crippen molar-refractivity contribution in [3.05, 3.63) is 77.8 Å². The van der Waals surface area contributed by atoms with Gasteiger partial charge in [-0.3, -0.25) is 24.2 Å². The van der Waals surface area contributed by atoms with E-state index in [4.69, 9.17) is 4.42 Å². The maximum atomic E-state index is 13.0. The summed E-state index contributed by atoms with van der Waals surface area (Å²) >= 11 is 0. The summed E-state index contributed by atoms with van der Waals surface area (Å²) in [6.07, 6.45) is 4.76. The molecule has 0 N–H and O–H groups in total. The van der Waals surface area contributed by atoms with E-state index in [2.05, 4.69) is 4.90 Å². The standard InChI is InChI=1S/C25H23N3O4/c29-22(10-9-19-6-3-17-32-19)27-14-11-26(12-15-27)13-16-28-24(30)20-7-1-4-18-5-2-8-21(23(18)20)25(28)31/h1-10,17H,11-16H2/b10-9-. The average molecular weight is 429 g/mol. The molecule has 1 aromatic heterocycles. The Bertz CT molecular complexity index is 1160. The Hall–Kier alpha value is -3.71. The fourth-order valence-electron chi connectivity index (χ4n) is 4.36. The maximum Gasteiger partial charge on any atom is 0.261 e. The second kappa shape index (κ2) is 8.43. The third kappa shape index (κ3) is 3.71. The lowest BCUT2D eigenvalue weighted by Gasteiger charge is -2.35. The smallest absolute Gasteiger partial charge is 0.261 e. The van der Waals surface area contributed by atoms with Crippen LogP contribution in [-0.4, -0.2) is 71.7 Å². The topological polar surface area (TPSA) is 74.1 Å². The van der Waals surface area contributed by atoms with Gasteiger partial charge >= 0.3 is 0 Å². The van der Waals surface area contributed by atoms with Crippen LogP contribution < -0.4 is 0 Å². The van der Waals surface area contributed by atoms with Gasteiger partial charge in [-0.15, -0.1) is 0 Å². The zero-order valence-corrected chi connectivity index (χ0v) is 17.6. The molecule has 1 fully saturated rings. The van der Waals surface area contributed by atoms with E-state index in [0.717, 1.165) is 10.8 Å². The Morgan fingerprint density at radius 2 is 1.56 bits per heavy atom. The summed E-state index contributed by atoms with van der Waals surface area (Å²) in [5.41, 5.74) is 1.16. The van der Waals surface area contributed by atoms with E-state index in [0.29, 0.717) is 56.2 Å². The van der Waals surface area contributed by atoms with Gasteiger partial charge in [-0.2, -0.15) is 0 Å². The molecule has 3 heterocycles. The van der Waals surface area contributed by atoms with Crippen molar-refractivity contribution in [2.24, 2.45) is 0 Å². The van der Waals surface area contributed by atoms with Crippen molar-refractivity contribution >= 4 is 34.6 Å². The number of rotatable bonds is 5. The van der Waals surface area contributed by atoms with Crippen molar-refractivity contribution in [1.29, 1.82) is 0 Å². The first kappa shape index (κ1) is 20.2. The molecule has 7 heteroatoms. The van der Waals surface area contributed by atoms with E-state index >= 15 is 0 Å².